The summed E-state index contributed by atoms with van der Waals surface area (Å²) in [5, 5.41) is 0. The van der Waals surface area contributed by atoms with Crippen LogP contribution in [-0.4, -0.2) is 12.8 Å². The van der Waals surface area contributed by atoms with Crippen LogP contribution in [0, 0.1) is 0 Å². The normalized spacial score (nSPS) is 11.8. The summed E-state index contributed by atoms with van der Waals surface area (Å²) in [7, 11) is 0. The third-order valence-corrected chi connectivity index (χ3v) is 1.83. The maximum Gasteiger partial charge on any atom is 0.416 e. The quantitative estimate of drug-likeness (QED) is 0.583. The summed E-state index contributed by atoms with van der Waals surface area (Å²) >= 11 is 0. The molecule has 1 aromatic carbocycles. The Bertz CT molecular complexity index is 424. The van der Waals surface area contributed by atoms with Gasteiger partial charge in [-0.15, -0.1) is 0 Å². The Morgan fingerprint density at radius 1 is 1.47 bits per heavy atom. The molecular formula is C12H12F3NO. The molecule has 0 unspecified atom stereocenters. The third-order valence-electron chi connectivity index (χ3n) is 1.83. The fourth-order valence-electron chi connectivity index (χ4n) is 1.11. The molecule has 0 heterocycles. The fourth-order valence-corrected chi connectivity index (χ4v) is 1.11. The van der Waals surface area contributed by atoms with Crippen LogP contribution in [0.25, 0.3) is 0 Å². The van der Waals surface area contributed by atoms with Gasteiger partial charge in [0.05, 0.1) is 11.8 Å². The highest BCUT2D eigenvalue weighted by Crippen LogP contribution is 2.31. The first-order chi connectivity index (χ1) is 7.93. The van der Waals surface area contributed by atoms with E-state index in [9.17, 15) is 13.2 Å². The zero-order valence-electron chi connectivity index (χ0n) is 9.29. The molecule has 0 aromatic heterocycles. The Labute approximate surface area is 97.4 Å². The third kappa shape index (κ3) is 4.30. The van der Waals surface area contributed by atoms with Crippen molar-refractivity contribution >= 4 is 6.21 Å². The maximum absolute atomic E-state index is 12.4. The second kappa shape index (κ2) is 5.52. The molecule has 2 nitrogen and oxygen atoms in total. The first kappa shape index (κ1) is 13.3. The fraction of sp³-hybridized carbons (Fsp3) is 0.250. The highest BCUT2D eigenvalue weighted by Gasteiger charge is 2.30. The Hall–Kier alpha value is -1.78. The van der Waals surface area contributed by atoms with Crippen molar-refractivity contribution in [3.8, 4) is 5.75 Å². The molecule has 92 valence electrons. The van der Waals surface area contributed by atoms with Crippen molar-refractivity contribution in [1.29, 1.82) is 0 Å². The molecule has 1 rings (SSSR count). The first-order valence-corrected chi connectivity index (χ1v) is 4.97. The van der Waals surface area contributed by atoms with Crippen LogP contribution >= 0.6 is 0 Å². The Morgan fingerprint density at radius 3 is 2.76 bits per heavy atom. The van der Waals surface area contributed by atoms with E-state index >= 15 is 0 Å². The second-order valence-corrected chi connectivity index (χ2v) is 3.22. The summed E-state index contributed by atoms with van der Waals surface area (Å²) in [5.74, 6) is 0.290. The van der Waals surface area contributed by atoms with Crippen molar-refractivity contribution in [3.63, 3.8) is 0 Å². The first-order valence-electron chi connectivity index (χ1n) is 4.97. The van der Waals surface area contributed by atoms with Crippen molar-refractivity contribution in [1.82, 2.24) is 0 Å². The zero-order valence-corrected chi connectivity index (χ0v) is 9.29. The number of alkyl halides is 3. The molecule has 0 saturated carbocycles. The van der Waals surface area contributed by atoms with Gasteiger partial charge in [-0.1, -0.05) is 12.6 Å². The summed E-state index contributed by atoms with van der Waals surface area (Å²) < 4.78 is 42.3. The van der Waals surface area contributed by atoms with Crippen LogP contribution in [0.5, 0.6) is 5.75 Å². The van der Waals surface area contributed by atoms with E-state index in [0.717, 1.165) is 12.1 Å². The van der Waals surface area contributed by atoms with Gasteiger partial charge in [0.25, 0.3) is 0 Å². The van der Waals surface area contributed by atoms with Gasteiger partial charge in [-0.25, -0.2) is 0 Å². The summed E-state index contributed by atoms with van der Waals surface area (Å²) in [6, 6.07) is 4.61. The summed E-state index contributed by atoms with van der Waals surface area (Å²) in [4.78, 5) is 3.87. The minimum atomic E-state index is -4.38. The Morgan fingerprint density at radius 2 is 2.18 bits per heavy atom. The minimum Gasteiger partial charge on any atom is -0.456 e. The van der Waals surface area contributed by atoms with Crippen LogP contribution < -0.4 is 4.74 Å². The van der Waals surface area contributed by atoms with Crippen molar-refractivity contribution in [2.75, 3.05) is 6.54 Å². The molecule has 17 heavy (non-hydrogen) atoms. The van der Waals surface area contributed by atoms with Crippen molar-refractivity contribution in [2.45, 2.75) is 13.1 Å². The second-order valence-electron chi connectivity index (χ2n) is 3.22. The lowest BCUT2D eigenvalue weighted by Gasteiger charge is -2.09. The Balaban J connectivity index is 2.79. The lowest BCUT2D eigenvalue weighted by Crippen LogP contribution is -2.05. The predicted octanol–water partition coefficient (Wildman–Crippen LogP) is 3.69. The van der Waals surface area contributed by atoms with Gasteiger partial charge < -0.3 is 4.74 Å². The topological polar surface area (TPSA) is 21.6 Å². The van der Waals surface area contributed by atoms with E-state index in [1.165, 1.54) is 18.3 Å². The lowest BCUT2D eigenvalue weighted by molar-refractivity contribution is -0.137. The molecule has 0 fully saturated rings. The van der Waals surface area contributed by atoms with E-state index in [4.69, 9.17) is 4.74 Å². The molecule has 0 radical (unpaired) electrons. The number of benzene rings is 1. The van der Waals surface area contributed by atoms with Gasteiger partial charge in [0.2, 0.25) is 0 Å². The molecule has 0 amide bonds. The van der Waals surface area contributed by atoms with Gasteiger partial charge in [-0.05, 0) is 25.1 Å². The van der Waals surface area contributed by atoms with Crippen LogP contribution in [0.3, 0.4) is 0 Å². The monoisotopic (exact) mass is 243 g/mol. The largest absolute Gasteiger partial charge is 0.456 e. The molecule has 0 aliphatic carbocycles. The number of nitrogens with zero attached hydrogens (tertiary/aromatic N) is 1. The summed E-state index contributed by atoms with van der Waals surface area (Å²) in [5.41, 5.74) is -0.754. The van der Waals surface area contributed by atoms with Gasteiger partial charge in [-0.2, -0.15) is 13.2 Å². The maximum atomic E-state index is 12.4. The van der Waals surface area contributed by atoms with E-state index in [-0.39, 0.29) is 11.5 Å². The Kier molecular flexibility index (Phi) is 4.31. The van der Waals surface area contributed by atoms with Crippen LogP contribution in [0.2, 0.25) is 0 Å². The minimum absolute atomic E-state index is 0.0902. The predicted molar refractivity (Wildman–Crippen MR) is 60.2 cm³/mol. The van der Waals surface area contributed by atoms with Crippen molar-refractivity contribution in [3.05, 3.63) is 42.2 Å². The lowest BCUT2D eigenvalue weighted by atomic mass is 10.2. The molecule has 1 aromatic rings. The zero-order chi connectivity index (χ0) is 12.9. The van der Waals surface area contributed by atoms with Gasteiger partial charge >= 0.3 is 6.18 Å². The van der Waals surface area contributed by atoms with Crippen LogP contribution in [0.15, 0.2) is 41.6 Å². The number of ether oxygens (including phenoxy) is 1. The smallest absolute Gasteiger partial charge is 0.416 e. The molecule has 0 atom stereocenters. The van der Waals surface area contributed by atoms with E-state index < -0.39 is 11.7 Å². The molecule has 0 aliphatic heterocycles. The van der Waals surface area contributed by atoms with E-state index in [1.54, 1.807) is 0 Å². The van der Waals surface area contributed by atoms with Gasteiger partial charge in [0.1, 0.15) is 11.5 Å². The highest BCUT2D eigenvalue weighted by atomic mass is 19.4. The number of hydrogen-bond acceptors (Lipinski definition) is 2. The number of aliphatic imine (C=N–C) groups is 1. The average Bonchev–Trinajstić information content (AvgIpc) is 2.25. The number of halogens is 3. The molecule has 0 spiro atoms. The van der Waals surface area contributed by atoms with Crippen LogP contribution in [-0.2, 0) is 6.18 Å². The van der Waals surface area contributed by atoms with Gasteiger partial charge in [0, 0.05) is 6.54 Å². The van der Waals surface area contributed by atoms with Crippen LogP contribution in [0.4, 0.5) is 13.2 Å². The molecule has 0 bridgehead atoms. The number of hydrogen-bond donors (Lipinski definition) is 0. The average molecular weight is 243 g/mol. The molecular weight excluding hydrogens is 231 g/mol. The summed E-state index contributed by atoms with van der Waals surface area (Å²) in [6.07, 6.45) is -3.00. The number of allylic oxidation sites excluding steroid dienone is 1. The van der Waals surface area contributed by atoms with Crippen LogP contribution in [0.1, 0.15) is 12.5 Å². The standard InChI is InChI=1S/C12H12F3NO/c1-3-16-8-9(2)17-11-6-4-5-10(7-11)12(13,14)15/h4-8H,2-3H2,1H3. The number of rotatable bonds is 4. The van der Waals surface area contributed by atoms with Crippen molar-refractivity contribution < 1.29 is 17.9 Å². The molecule has 5 heteroatoms. The van der Waals surface area contributed by atoms with E-state index in [2.05, 4.69) is 11.6 Å². The van der Waals surface area contributed by atoms with Crippen molar-refractivity contribution in [2.24, 2.45) is 4.99 Å². The van der Waals surface area contributed by atoms with E-state index in [1.807, 2.05) is 6.92 Å². The van der Waals surface area contributed by atoms with E-state index in [0.29, 0.717) is 6.54 Å². The molecule has 0 N–H and O–H groups in total. The SMILES string of the molecule is C=C(C=NCC)Oc1cccc(C(F)(F)F)c1. The molecule has 0 aliphatic rings. The summed E-state index contributed by atoms with van der Waals surface area (Å²) in [6.45, 7) is 5.91. The van der Waals surface area contributed by atoms with Gasteiger partial charge in [-0.3, -0.25) is 4.99 Å². The van der Waals surface area contributed by atoms with Gasteiger partial charge in [0.15, 0.2) is 0 Å². The molecule has 0 saturated heterocycles. The highest BCUT2D eigenvalue weighted by molar-refractivity contribution is 5.75.